The van der Waals surface area contributed by atoms with Gasteiger partial charge < -0.3 is 24.8 Å². The molecule has 0 aliphatic carbocycles. The molecule has 2 unspecified atom stereocenters. The van der Waals surface area contributed by atoms with Crippen molar-refractivity contribution in [3.05, 3.63) is 53.7 Å². The lowest BCUT2D eigenvalue weighted by Gasteiger charge is -2.52. The Labute approximate surface area is 212 Å². The van der Waals surface area contributed by atoms with Crippen LogP contribution >= 0.6 is 0 Å². The van der Waals surface area contributed by atoms with E-state index in [0.717, 1.165) is 70.2 Å². The minimum absolute atomic E-state index is 0.113. The van der Waals surface area contributed by atoms with Crippen molar-refractivity contribution in [3.63, 3.8) is 0 Å². The predicted molar refractivity (Wildman–Crippen MR) is 138 cm³/mol. The molecule has 2 amide bonds. The van der Waals surface area contributed by atoms with Gasteiger partial charge in [-0.1, -0.05) is 12.1 Å². The van der Waals surface area contributed by atoms with Crippen LogP contribution in [-0.2, 0) is 16.1 Å². The highest BCUT2D eigenvalue weighted by Gasteiger charge is 2.44. The SMILES string of the molecule is O=C(NCc1ccc(N2CCOCC2)cc1)c1ccc(N2CC3CC(C2)[C@H]2CCCC(=O)N2C3)nc1. The molecule has 4 aliphatic rings. The van der Waals surface area contributed by atoms with Crippen LogP contribution < -0.4 is 15.1 Å². The van der Waals surface area contributed by atoms with Gasteiger partial charge in [0.05, 0.1) is 18.8 Å². The lowest BCUT2D eigenvalue weighted by molar-refractivity contribution is -0.142. The van der Waals surface area contributed by atoms with E-state index in [1.165, 1.54) is 12.1 Å². The fraction of sp³-hybridized carbons (Fsp3) is 0.536. The smallest absolute Gasteiger partial charge is 0.253 e. The lowest BCUT2D eigenvalue weighted by atomic mass is 9.76. The third-order valence-corrected chi connectivity index (χ3v) is 8.28. The van der Waals surface area contributed by atoms with Gasteiger partial charge in [0.15, 0.2) is 0 Å². The summed E-state index contributed by atoms with van der Waals surface area (Å²) in [5.74, 6) is 2.17. The van der Waals surface area contributed by atoms with Gasteiger partial charge in [-0.25, -0.2) is 4.98 Å². The van der Waals surface area contributed by atoms with E-state index in [1.807, 2.05) is 12.1 Å². The maximum Gasteiger partial charge on any atom is 0.253 e. The first kappa shape index (κ1) is 23.3. The molecule has 2 bridgehead atoms. The zero-order valence-corrected chi connectivity index (χ0v) is 20.8. The zero-order valence-electron chi connectivity index (χ0n) is 20.8. The van der Waals surface area contributed by atoms with Crippen molar-refractivity contribution in [2.45, 2.75) is 38.3 Å². The molecule has 3 atom stereocenters. The Balaban J connectivity index is 1.04. The first-order chi connectivity index (χ1) is 17.6. The zero-order chi connectivity index (χ0) is 24.5. The normalized spacial score (nSPS) is 25.9. The van der Waals surface area contributed by atoms with Gasteiger partial charge in [0, 0.05) is 63.6 Å². The average molecular weight is 490 g/mol. The second-order valence-electron chi connectivity index (χ2n) is 10.6. The highest BCUT2D eigenvalue weighted by Crippen LogP contribution is 2.38. The first-order valence-electron chi connectivity index (χ1n) is 13.3. The number of morpholine rings is 1. The molecule has 8 heteroatoms. The number of carbonyl (C=O) groups excluding carboxylic acids is 2. The molecular weight excluding hydrogens is 454 g/mol. The predicted octanol–water partition coefficient (Wildman–Crippen LogP) is 2.69. The van der Waals surface area contributed by atoms with E-state index in [4.69, 9.17) is 4.74 Å². The minimum atomic E-state index is -0.113. The summed E-state index contributed by atoms with van der Waals surface area (Å²) >= 11 is 0. The molecule has 6 rings (SSSR count). The summed E-state index contributed by atoms with van der Waals surface area (Å²) in [6.07, 6.45) is 5.75. The number of aromatic nitrogens is 1. The summed E-state index contributed by atoms with van der Waals surface area (Å²) in [4.78, 5) is 36.6. The Morgan fingerprint density at radius 1 is 1.03 bits per heavy atom. The number of rotatable bonds is 5. The molecule has 1 N–H and O–H groups in total. The molecule has 8 nitrogen and oxygen atoms in total. The number of fused-ring (bicyclic) bond motifs is 4. The number of nitrogens with one attached hydrogen (secondary N) is 1. The average Bonchev–Trinajstić information content (AvgIpc) is 2.93. The number of benzene rings is 1. The van der Waals surface area contributed by atoms with Crippen LogP contribution in [0.3, 0.4) is 0 Å². The van der Waals surface area contributed by atoms with Crippen LogP contribution in [0.5, 0.6) is 0 Å². The van der Waals surface area contributed by atoms with Gasteiger partial charge in [-0.15, -0.1) is 0 Å². The van der Waals surface area contributed by atoms with Gasteiger partial charge >= 0.3 is 0 Å². The summed E-state index contributed by atoms with van der Waals surface area (Å²) in [5.41, 5.74) is 2.84. The van der Waals surface area contributed by atoms with Crippen LogP contribution in [0.25, 0.3) is 0 Å². The molecule has 190 valence electrons. The fourth-order valence-electron chi connectivity index (χ4n) is 6.43. The summed E-state index contributed by atoms with van der Waals surface area (Å²) in [6.45, 7) is 6.58. The van der Waals surface area contributed by atoms with Gasteiger partial charge in [0.2, 0.25) is 5.91 Å². The number of hydrogen-bond donors (Lipinski definition) is 1. The number of hydrogen-bond acceptors (Lipinski definition) is 6. The highest BCUT2D eigenvalue weighted by molar-refractivity contribution is 5.94. The molecule has 4 aliphatic heterocycles. The Morgan fingerprint density at radius 3 is 2.64 bits per heavy atom. The van der Waals surface area contributed by atoms with Crippen molar-refractivity contribution >= 4 is 23.3 Å². The number of carbonyl (C=O) groups is 2. The van der Waals surface area contributed by atoms with Gasteiger partial charge in [0.25, 0.3) is 5.91 Å². The number of amides is 2. The number of nitrogens with zero attached hydrogens (tertiary/aromatic N) is 4. The molecule has 0 spiro atoms. The van der Waals surface area contributed by atoms with Crippen molar-refractivity contribution in [1.29, 1.82) is 0 Å². The van der Waals surface area contributed by atoms with Crippen molar-refractivity contribution < 1.29 is 14.3 Å². The summed E-state index contributed by atoms with van der Waals surface area (Å²) in [6, 6.07) is 12.6. The molecule has 4 fully saturated rings. The van der Waals surface area contributed by atoms with Crippen LogP contribution in [-0.4, -0.2) is 73.7 Å². The van der Waals surface area contributed by atoms with Crippen molar-refractivity contribution in [2.75, 3.05) is 55.7 Å². The number of anilines is 2. The van der Waals surface area contributed by atoms with Crippen LogP contribution in [0.15, 0.2) is 42.6 Å². The standard InChI is InChI=1S/C28H35N5O3/c34-27-3-1-2-25-23-14-21(18-33(25)27)17-32(19-23)26-9-6-22(16-29-26)28(35)30-15-20-4-7-24(8-5-20)31-10-12-36-13-11-31/h4-9,16,21,23,25H,1-3,10-15,17-19H2,(H,30,35)/t21?,23?,25-/m1/s1. The molecule has 1 aromatic carbocycles. The van der Waals surface area contributed by atoms with Crippen molar-refractivity contribution in [2.24, 2.45) is 11.8 Å². The quantitative estimate of drug-likeness (QED) is 0.696. The van der Waals surface area contributed by atoms with Gasteiger partial charge in [-0.2, -0.15) is 0 Å². The van der Waals surface area contributed by atoms with E-state index in [1.54, 1.807) is 6.20 Å². The van der Waals surface area contributed by atoms with Gasteiger partial charge in [-0.3, -0.25) is 9.59 Å². The van der Waals surface area contributed by atoms with Crippen LogP contribution in [0.2, 0.25) is 0 Å². The first-order valence-corrected chi connectivity index (χ1v) is 13.3. The maximum absolute atomic E-state index is 12.7. The van der Waals surface area contributed by atoms with E-state index >= 15 is 0 Å². The second-order valence-corrected chi connectivity index (χ2v) is 10.6. The highest BCUT2D eigenvalue weighted by atomic mass is 16.5. The topological polar surface area (TPSA) is 78.0 Å². The molecule has 2 aromatic rings. The summed E-state index contributed by atoms with van der Waals surface area (Å²) < 4.78 is 5.42. The monoisotopic (exact) mass is 489 g/mol. The van der Waals surface area contributed by atoms with Gasteiger partial charge in [0.1, 0.15) is 5.82 Å². The maximum atomic E-state index is 12.7. The Kier molecular flexibility index (Phi) is 6.52. The Bertz CT molecular complexity index is 1080. The fourth-order valence-corrected chi connectivity index (χ4v) is 6.43. The second kappa shape index (κ2) is 10.1. The summed E-state index contributed by atoms with van der Waals surface area (Å²) in [7, 11) is 0. The minimum Gasteiger partial charge on any atom is -0.378 e. The molecule has 4 saturated heterocycles. The largest absolute Gasteiger partial charge is 0.378 e. The number of ether oxygens (including phenoxy) is 1. The molecule has 0 saturated carbocycles. The van der Waals surface area contributed by atoms with Gasteiger partial charge in [-0.05, 0) is 60.9 Å². The molecule has 5 heterocycles. The van der Waals surface area contributed by atoms with E-state index in [0.29, 0.717) is 42.3 Å². The molecule has 0 radical (unpaired) electrons. The number of pyridine rings is 1. The molecular formula is C28H35N5O3. The number of piperidine rings is 3. The third-order valence-electron chi connectivity index (χ3n) is 8.28. The van der Waals surface area contributed by atoms with E-state index in [-0.39, 0.29) is 5.91 Å². The van der Waals surface area contributed by atoms with Crippen LogP contribution in [0, 0.1) is 11.8 Å². The van der Waals surface area contributed by atoms with E-state index in [2.05, 4.69) is 49.3 Å². The Hall–Kier alpha value is -3.13. The summed E-state index contributed by atoms with van der Waals surface area (Å²) in [5, 5.41) is 3.02. The lowest BCUT2D eigenvalue weighted by Crippen LogP contribution is -2.60. The Morgan fingerprint density at radius 2 is 1.86 bits per heavy atom. The van der Waals surface area contributed by atoms with Crippen molar-refractivity contribution in [3.8, 4) is 0 Å². The third kappa shape index (κ3) is 4.78. The molecule has 36 heavy (non-hydrogen) atoms. The molecule has 1 aromatic heterocycles. The van der Waals surface area contributed by atoms with Crippen LogP contribution in [0.4, 0.5) is 11.5 Å². The van der Waals surface area contributed by atoms with Crippen molar-refractivity contribution in [1.82, 2.24) is 15.2 Å². The van der Waals surface area contributed by atoms with Crippen LogP contribution in [0.1, 0.15) is 41.6 Å². The van der Waals surface area contributed by atoms with E-state index < -0.39 is 0 Å². The van der Waals surface area contributed by atoms with E-state index in [9.17, 15) is 9.59 Å².